The van der Waals surface area contributed by atoms with Gasteiger partial charge in [0.1, 0.15) is 0 Å². The van der Waals surface area contributed by atoms with Gasteiger partial charge in [0.05, 0.1) is 28.7 Å². The molecule has 0 fully saturated rings. The Bertz CT molecular complexity index is 551. The van der Waals surface area contributed by atoms with Gasteiger partial charge in [0.15, 0.2) is 5.82 Å². The number of rotatable bonds is 2. The Hall–Kier alpha value is -1.88. The highest BCUT2D eigenvalue weighted by Gasteiger charge is 2.09. The van der Waals surface area contributed by atoms with Gasteiger partial charge in [-0.15, -0.1) is 0 Å². The van der Waals surface area contributed by atoms with E-state index in [2.05, 4.69) is 10.1 Å². The predicted molar refractivity (Wildman–Crippen MR) is 58.1 cm³/mol. The summed E-state index contributed by atoms with van der Waals surface area (Å²) in [5.41, 5.74) is 0.624. The summed E-state index contributed by atoms with van der Waals surface area (Å²) in [6.07, 6.45) is 3.09. The van der Waals surface area contributed by atoms with Crippen molar-refractivity contribution in [1.82, 2.24) is 14.8 Å². The number of carboxylic acid groups (broad SMARTS) is 1. The van der Waals surface area contributed by atoms with Gasteiger partial charge in [0.2, 0.25) is 0 Å². The SMILES string of the molecule is Cc1nc(-n2cc(Cl)cn2)ccc1C(=O)O. The van der Waals surface area contributed by atoms with Crippen LogP contribution in [0.5, 0.6) is 0 Å². The molecule has 82 valence electrons. The minimum absolute atomic E-state index is 0.182. The van der Waals surface area contributed by atoms with E-state index in [0.29, 0.717) is 16.5 Å². The predicted octanol–water partition coefficient (Wildman–Crippen LogP) is 1.93. The molecule has 0 saturated carbocycles. The number of hydrogen-bond acceptors (Lipinski definition) is 3. The van der Waals surface area contributed by atoms with Crippen molar-refractivity contribution in [3.63, 3.8) is 0 Å². The van der Waals surface area contributed by atoms with Crippen LogP contribution < -0.4 is 0 Å². The van der Waals surface area contributed by atoms with Gasteiger partial charge in [-0.3, -0.25) is 0 Å². The Balaban J connectivity index is 2.45. The van der Waals surface area contributed by atoms with E-state index < -0.39 is 5.97 Å². The van der Waals surface area contributed by atoms with Crippen LogP contribution in [0.3, 0.4) is 0 Å². The summed E-state index contributed by atoms with van der Waals surface area (Å²) in [7, 11) is 0. The van der Waals surface area contributed by atoms with Crippen LogP contribution in [0.4, 0.5) is 0 Å². The molecule has 0 aliphatic heterocycles. The lowest BCUT2D eigenvalue weighted by atomic mass is 10.2. The maximum atomic E-state index is 10.8. The average Bonchev–Trinajstić information content (AvgIpc) is 2.64. The zero-order chi connectivity index (χ0) is 11.7. The molecular formula is C10H8ClN3O2. The summed E-state index contributed by atoms with van der Waals surface area (Å²) in [5, 5.41) is 13.3. The Kier molecular flexibility index (Phi) is 2.62. The number of aromatic nitrogens is 3. The fraction of sp³-hybridized carbons (Fsp3) is 0.100. The molecule has 5 nitrogen and oxygen atoms in total. The lowest BCUT2D eigenvalue weighted by Crippen LogP contribution is -2.05. The standard InChI is InChI=1S/C10H8ClN3O2/c1-6-8(10(15)16)2-3-9(13-6)14-5-7(11)4-12-14/h2-5H,1H3,(H,15,16). The minimum atomic E-state index is -0.991. The van der Waals surface area contributed by atoms with Gasteiger partial charge in [-0.25, -0.2) is 14.5 Å². The van der Waals surface area contributed by atoms with Gasteiger partial charge in [0.25, 0.3) is 0 Å². The van der Waals surface area contributed by atoms with Crippen LogP contribution in [-0.2, 0) is 0 Å². The first kappa shape index (κ1) is 10.6. The Labute approximate surface area is 96.3 Å². The molecule has 2 heterocycles. The Morgan fingerprint density at radius 2 is 2.25 bits per heavy atom. The van der Waals surface area contributed by atoms with Crippen molar-refractivity contribution in [2.75, 3.05) is 0 Å². The second-order valence-corrected chi connectivity index (χ2v) is 3.65. The molecule has 0 unspecified atom stereocenters. The molecule has 16 heavy (non-hydrogen) atoms. The van der Waals surface area contributed by atoms with Crippen molar-refractivity contribution >= 4 is 17.6 Å². The normalized spacial score (nSPS) is 10.4. The molecular weight excluding hydrogens is 230 g/mol. The number of hydrogen-bond donors (Lipinski definition) is 1. The van der Waals surface area contributed by atoms with Crippen LogP contribution in [0.15, 0.2) is 24.5 Å². The fourth-order valence-corrected chi connectivity index (χ4v) is 1.46. The quantitative estimate of drug-likeness (QED) is 0.867. The van der Waals surface area contributed by atoms with Gasteiger partial charge in [0, 0.05) is 0 Å². The second-order valence-electron chi connectivity index (χ2n) is 3.21. The monoisotopic (exact) mass is 237 g/mol. The van der Waals surface area contributed by atoms with Crippen molar-refractivity contribution in [2.24, 2.45) is 0 Å². The lowest BCUT2D eigenvalue weighted by molar-refractivity contribution is 0.0695. The molecule has 0 radical (unpaired) electrons. The molecule has 6 heteroatoms. The van der Waals surface area contributed by atoms with Crippen LogP contribution in [0.1, 0.15) is 16.1 Å². The van der Waals surface area contributed by atoms with E-state index in [1.165, 1.54) is 16.9 Å². The molecule has 1 N–H and O–H groups in total. The van der Waals surface area contributed by atoms with Crippen molar-refractivity contribution in [2.45, 2.75) is 6.92 Å². The van der Waals surface area contributed by atoms with E-state index in [4.69, 9.17) is 16.7 Å². The first-order valence-corrected chi connectivity index (χ1v) is 4.87. The summed E-state index contributed by atoms with van der Waals surface area (Å²) in [6.45, 7) is 1.64. The second kappa shape index (κ2) is 3.94. The molecule has 0 saturated heterocycles. The first-order chi connectivity index (χ1) is 7.58. The first-order valence-electron chi connectivity index (χ1n) is 4.49. The van der Waals surface area contributed by atoms with Crippen LogP contribution >= 0.6 is 11.6 Å². The van der Waals surface area contributed by atoms with Crippen LogP contribution in [0.2, 0.25) is 5.02 Å². The van der Waals surface area contributed by atoms with E-state index in [1.807, 2.05) is 0 Å². The van der Waals surface area contributed by atoms with Crippen molar-refractivity contribution in [3.8, 4) is 5.82 Å². The number of halogens is 1. The third kappa shape index (κ3) is 1.90. The number of pyridine rings is 1. The third-order valence-corrected chi connectivity index (χ3v) is 2.28. The third-order valence-electron chi connectivity index (χ3n) is 2.09. The summed E-state index contributed by atoms with van der Waals surface area (Å²) in [5.74, 6) is -0.454. The molecule has 0 amide bonds. The molecule has 0 bridgehead atoms. The number of carbonyl (C=O) groups is 1. The summed E-state index contributed by atoms with van der Waals surface area (Å²) in [6, 6.07) is 3.08. The summed E-state index contributed by atoms with van der Waals surface area (Å²) < 4.78 is 1.49. The average molecular weight is 238 g/mol. The maximum absolute atomic E-state index is 10.8. The maximum Gasteiger partial charge on any atom is 0.337 e. The van der Waals surface area contributed by atoms with E-state index in [-0.39, 0.29) is 5.56 Å². The van der Waals surface area contributed by atoms with Crippen molar-refractivity contribution in [1.29, 1.82) is 0 Å². The number of nitrogens with zero attached hydrogens (tertiary/aromatic N) is 3. The molecule has 0 aliphatic carbocycles. The molecule has 0 aromatic carbocycles. The molecule has 2 aromatic heterocycles. The lowest BCUT2D eigenvalue weighted by Gasteiger charge is -2.03. The highest BCUT2D eigenvalue weighted by molar-refractivity contribution is 6.30. The zero-order valence-electron chi connectivity index (χ0n) is 8.38. The van der Waals surface area contributed by atoms with E-state index in [1.54, 1.807) is 19.2 Å². The molecule has 2 aromatic rings. The molecule has 0 spiro atoms. The van der Waals surface area contributed by atoms with Gasteiger partial charge in [-0.05, 0) is 19.1 Å². The molecule has 0 aliphatic rings. The molecule has 2 rings (SSSR count). The van der Waals surface area contributed by atoms with Crippen LogP contribution in [-0.4, -0.2) is 25.8 Å². The number of aryl methyl sites for hydroxylation is 1. The summed E-state index contributed by atoms with van der Waals surface area (Å²) >= 11 is 5.73. The summed E-state index contributed by atoms with van der Waals surface area (Å²) in [4.78, 5) is 14.9. The Morgan fingerprint density at radius 3 is 2.75 bits per heavy atom. The minimum Gasteiger partial charge on any atom is -0.478 e. The van der Waals surface area contributed by atoms with Gasteiger partial charge in [-0.1, -0.05) is 11.6 Å². The zero-order valence-corrected chi connectivity index (χ0v) is 9.14. The highest BCUT2D eigenvalue weighted by Crippen LogP contribution is 2.12. The fourth-order valence-electron chi connectivity index (χ4n) is 1.33. The molecule has 0 atom stereocenters. The van der Waals surface area contributed by atoms with Gasteiger partial charge >= 0.3 is 5.97 Å². The Morgan fingerprint density at radius 1 is 1.50 bits per heavy atom. The topological polar surface area (TPSA) is 68.0 Å². The van der Waals surface area contributed by atoms with Crippen LogP contribution in [0.25, 0.3) is 5.82 Å². The highest BCUT2D eigenvalue weighted by atomic mass is 35.5. The van der Waals surface area contributed by atoms with Crippen LogP contribution in [0, 0.1) is 6.92 Å². The van der Waals surface area contributed by atoms with E-state index in [9.17, 15) is 4.79 Å². The van der Waals surface area contributed by atoms with Gasteiger partial charge in [-0.2, -0.15) is 5.10 Å². The number of aromatic carboxylic acids is 1. The van der Waals surface area contributed by atoms with Crippen molar-refractivity contribution < 1.29 is 9.90 Å². The van der Waals surface area contributed by atoms with E-state index in [0.717, 1.165) is 0 Å². The van der Waals surface area contributed by atoms with E-state index >= 15 is 0 Å². The largest absolute Gasteiger partial charge is 0.478 e. The van der Waals surface area contributed by atoms with Gasteiger partial charge < -0.3 is 5.11 Å². The number of carboxylic acids is 1. The smallest absolute Gasteiger partial charge is 0.337 e. The van der Waals surface area contributed by atoms with Crippen molar-refractivity contribution in [3.05, 3.63) is 40.8 Å².